The number of hydrogen-bond donors (Lipinski definition) is 4. The van der Waals surface area contributed by atoms with Crippen LogP contribution in [0.25, 0.3) is 11.1 Å². The van der Waals surface area contributed by atoms with Crippen molar-refractivity contribution in [1.82, 2.24) is 5.32 Å². The monoisotopic (exact) mass is 458 g/mol. The highest BCUT2D eigenvalue weighted by molar-refractivity contribution is 6.02. The first-order chi connectivity index (χ1) is 16.4. The van der Waals surface area contributed by atoms with E-state index in [0.29, 0.717) is 12.8 Å². The topological polar surface area (TPSA) is 125 Å². The van der Waals surface area contributed by atoms with E-state index in [4.69, 9.17) is 9.84 Å². The largest absolute Gasteiger partial charge is 0.507 e. The van der Waals surface area contributed by atoms with Gasteiger partial charge >= 0.3 is 12.1 Å². The Morgan fingerprint density at radius 3 is 2.12 bits per heavy atom. The van der Waals surface area contributed by atoms with E-state index in [2.05, 4.69) is 22.8 Å². The van der Waals surface area contributed by atoms with Crippen molar-refractivity contribution in [3.8, 4) is 16.9 Å². The highest BCUT2D eigenvalue weighted by atomic mass is 16.5. The molecule has 0 saturated heterocycles. The zero-order valence-electron chi connectivity index (χ0n) is 18.1. The number of nitrogens with one attached hydrogen (secondary N) is 2. The Labute approximate surface area is 195 Å². The Kier molecular flexibility index (Phi) is 5.20. The lowest BCUT2D eigenvalue weighted by Crippen LogP contribution is -2.46. The van der Waals surface area contributed by atoms with Crippen molar-refractivity contribution in [2.24, 2.45) is 0 Å². The summed E-state index contributed by atoms with van der Waals surface area (Å²) in [6.07, 6.45) is 0.211. The van der Waals surface area contributed by atoms with E-state index in [1.807, 2.05) is 36.4 Å². The summed E-state index contributed by atoms with van der Waals surface area (Å²) in [6, 6.07) is 19.8. The molecule has 0 aromatic heterocycles. The van der Waals surface area contributed by atoms with E-state index in [1.165, 1.54) is 12.1 Å². The fourth-order valence-corrected chi connectivity index (χ4v) is 4.40. The van der Waals surface area contributed by atoms with Crippen molar-refractivity contribution in [3.05, 3.63) is 83.4 Å². The second-order valence-electron chi connectivity index (χ2n) is 8.52. The van der Waals surface area contributed by atoms with Crippen LogP contribution in [0.5, 0.6) is 5.75 Å². The molecule has 0 radical (unpaired) electrons. The van der Waals surface area contributed by atoms with Crippen molar-refractivity contribution in [2.45, 2.75) is 24.3 Å². The normalized spacial score (nSPS) is 15.1. The summed E-state index contributed by atoms with van der Waals surface area (Å²) < 4.78 is 5.54. The summed E-state index contributed by atoms with van der Waals surface area (Å²) in [4.78, 5) is 36.4. The number of hydrogen-bond acceptors (Lipinski definition) is 5. The van der Waals surface area contributed by atoms with Crippen LogP contribution < -0.4 is 10.6 Å². The van der Waals surface area contributed by atoms with Crippen LogP contribution in [-0.4, -0.2) is 40.3 Å². The average Bonchev–Trinajstić information content (AvgIpc) is 3.53. The lowest BCUT2D eigenvalue weighted by atomic mass is 9.98. The number of aromatic carboxylic acids is 1. The summed E-state index contributed by atoms with van der Waals surface area (Å²) in [5, 5.41) is 24.1. The minimum atomic E-state index is -1.27. The van der Waals surface area contributed by atoms with E-state index >= 15 is 0 Å². The molecule has 34 heavy (non-hydrogen) atoms. The van der Waals surface area contributed by atoms with Gasteiger partial charge in [-0.25, -0.2) is 9.59 Å². The lowest BCUT2D eigenvalue weighted by Gasteiger charge is -2.19. The van der Waals surface area contributed by atoms with E-state index in [9.17, 15) is 19.5 Å². The minimum absolute atomic E-state index is 0.0853. The predicted octanol–water partition coefficient (Wildman–Crippen LogP) is 4.10. The van der Waals surface area contributed by atoms with Crippen LogP contribution in [-0.2, 0) is 9.53 Å². The van der Waals surface area contributed by atoms with Gasteiger partial charge in [0.2, 0.25) is 5.91 Å². The Hall–Kier alpha value is -4.33. The first-order valence-electron chi connectivity index (χ1n) is 10.9. The molecule has 5 rings (SSSR count). The molecule has 3 aromatic carbocycles. The van der Waals surface area contributed by atoms with Gasteiger partial charge in [0.1, 0.15) is 23.5 Å². The summed E-state index contributed by atoms with van der Waals surface area (Å²) in [7, 11) is 0. The van der Waals surface area contributed by atoms with Crippen LogP contribution in [0.3, 0.4) is 0 Å². The van der Waals surface area contributed by atoms with Crippen LogP contribution in [0, 0.1) is 0 Å². The molecule has 1 saturated carbocycles. The van der Waals surface area contributed by atoms with Gasteiger partial charge in [0, 0.05) is 17.7 Å². The summed E-state index contributed by atoms with van der Waals surface area (Å²) >= 11 is 0. The van der Waals surface area contributed by atoms with Gasteiger partial charge in [-0.3, -0.25) is 4.79 Å². The minimum Gasteiger partial charge on any atom is -0.507 e. The van der Waals surface area contributed by atoms with Gasteiger partial charge in [-0.05, 0) is 47.2 Å². The molecule has 0 atom stereocenters. The number of anilines is 1. The molecular weight excluding hydrogens is 436 g/mol. The molecule has 0 spiro atoms. The molecule has 3 aromatic rings. The van der Waals surface area contributed by atoms with Crippen molar-refractivity contribution < 1.29 is 29.3 Å². The average molecular weight is 458 g/mol. The van der Waals surface area contributed by atoms with E-state index in [-0.39, 0.29) is 23.8 Å². The quantitative estimate of drug-likeness (QED) is 0.441. The van der Waals surface area contributed by atoms with Gasteiger partial charge < -0.3 is 25.6 Å². The number of rotatable bonds is 6. The zero-order chi connectivity index (χ0) is 23.9. The van der Waals surface area contributed by atoms with Gasteiger partial charge in [-0.2, -0.15) is 0 Å². The van der Waals surface area contributed by atoms with Gasteiger partial charge in [-0.1, -0.05) is 48.5 Å². The van der Waals surface area contributed by atoms with Crippen molar-refractivity contribution >= 4 is 23.7 Å². The molecule has 8 heteroatoms. The number of carbonyl (C=O) groups is 3. The van der Waals surface area contributed by atoms with Crippen LogP contribution in [0.15, 0.2) is 66.7 Å². The number of alkyl carbamates (subject to hydrolysis) is 1. The number of carboxylic acids is 1. The number of fused-ring (bicyclic) bond motifs is 3. The SMILES string of the molecule is O=C(NC1(C(=O)Nc2ccc(C(=O)O)c(O)c2)CC1)OCC1c2ccccc2-c2ccccc21. The highest BCUT2D eigenvalue weighted by Crippen LogP contribution is 2.44. The maximum Gasteiger partial charge on any atom is 0.408 e. The maximum atomic E-state index is 12.8. The number of carbonyl (C=O) groups excluding carboxylic acids is 2. The Bertz CT molecular complexity index is 1270. The molecule has 1 fully saturated rings. The number of ether oxygens (including phenoxy) is 1. The van der Waals surface area contributed by atoms with Gasteiger partial charge in [-0.15, -0.1) is 0 Å². The molecule has 0 unspecified atom stereocenters. The smallest absolute Gasteiger partial charge is 0.408 e. The van der Waals surface area contributed by atoms with E-state index in [0.717, 1.165) is 28.3 Å². The third-order valence-corrected chi connectivity index (χ3v) is 6.36. The van der Waals surface area contributed by atoms with E-state index < -0.39 is 29.3 Å². The number of benzene rings is 3. The predicted molar refractivity (Wildman–Crippen MR) is 124 cm³/mol. The Morgan fingerprint density at radius 1 is 0.941 bits per heavy atom. The van der Waals surface area contributed by atoms with Gasteiger partial charge in [0.05, 0.1) is 0 Å². The Morgan fingerprint density at radius 2 is 1.56 bits per heavy atom. The number of amides is 2. The van der Waals surface area contributed by atoms with Crippen LogP contribution >= 0.6 is 0 Å². The third kappa shape index (κ3) is 3.83. The van der Waals surface area contributed by atoms with Crippen molar-refractivity contribution in [1.29, 1.82) is 0 Å². The molecule has 2 aliphatic carbocycles. The molecule has 0 bridgehead atoms. The standard InChI is InChI=1S/C26H22N2O6/c29-22-13-15(9-10-20(22)23(30)31)27-24(32)26(11-12-26)28-25(33)34-14-21-18-7-3-1-5-16(18)17-6-2-4-8-19(17)21/h1-10,13,21,29H,11-12,14H2,(H,27,32)(H,28,33)(H,30,31). The lowest BCUT2D eigenvalue weighted by molar-refractivity contribution is -0.119. The van der Waals surface area contributed by atoms with Crippen LogP contribution in [0.2, 0.25) is 0 Å². The van der Waals surface area contributed by atoms with Crippen molar-refractivity contribution in [2.75, 3.05) is 11.9 Å². The number of phenols is 1. The number of carboxylic acid groups (broad SMARTS) is 1. The molecule has 0 aliphatic heterocycles. The molecule has 8 nitrogen and oxygen atoms in total. The van der Waals surface area contributed by atoms with Gasteiger partial charge in [0.25, 0.3) is 0 Å². The molecule has 0 heterocycles. The fraction of sp³-hybridized carbons (Fsp3) is 0.192. The first-order valence-corrected chi connectivity index (χ1v) is 10.9. The fourth-order valence-electron chi connectivity index (χ4n) is 4.40. The van der Waals surface area contributed by atoms with Crippen LogP contribution in [0.1, 0.15) is 40.2 Å². The maximum absolute atomic E-state index is 12.8. The van der Waals surface area contributed by atoms with E-state index in [1.54, 1.807) is 0 Å². The van der Waals surface area contributed by atoms with Gasteiger partial charge in [0.15, 0.2) is 0 Å². The summed E-state index contributed by atoms with van der Waals surface area (Å²) in [5.74, 6) is -2.27. The second-order valence-corrected chi connectivity index (χ2v) is 8.52. The molecule has 2 aliphatic rings. The molecule has 2 amide bonds. The van der Waals surface area contributed by atoms with Crippen LogP contribution in [0.4, 0.5) is 10.5 Å². The molecular formula is C26H22N2O6. The zero-order valence-corrected chi connectivity index (χ0v) is 18.1. The third-order valence-electron chi connectivity index (χ3n) is 6.36. The first kappa shape index (κ1) is 21.5. The molecule has 4 N–H and O–H groups in total. The second kappa shape index (κ2) is 8.22. The summed E-state index contributed by atoms with van der Waals surface area (Å²) in [6.45, 7) is 0.141. The highest BCUT2D eigenvalue weighted by Gasteiger charge is 2.52. The summed E-state index contributed by atoms with van der Waals surface area (Å²) in [5.41, 5.74) is 3.32. The molecule has 172 valence electrons. The Balaban J connectivity index is 1.23. The number of aromatic hydroxyl groups is 1. The van der Waals surface area contributed by atoms with Crippen molar-refractivity contribution in [3.63, 3.8) is 0 Å².